The van der Waals surface area contributed by atoms with Crippen molar-refractivity contribution in [3.05, 3.63) is 12.2 Å². The average Bonchev–Trinajstić information content (AvgIpc) is 2.34. The maximum atomic E-state index is 10.3. The molecule has 0 unspecified atom stereocenters. The Bertz CT molecular complexity index is 205. The highest BCUT2D eigenvalue weighted by Gasteiger charge is 1.98. The Kier molecular flexibility index (Phi) is 1.99. The Hall–Kier alpha value is -1.39. The fourth-order valence-electron chi connectivity index (χ4n) is 0.591. The highest BCUT2D eigenvalue weighted by molar-refractivity contribution is 5.73. The van der Waals surface area contributed by atoms with Gasteiger partial charge in [0, 0.05) is 12.8 Å². The normalized spacial score (nSPS) is 9.60. The third-order valence-electron chi connectivity index (χ3n) is 1.06. The van der Waals surface area contributed by atoms with Gasteiger partial charge in [0.2, 0.25) is 5.91 Å². The molecule has 1 aromatic rings. The van der Waals surface area contributed by atoms with E-state index in [1.165, 1.54) is 6.33 Å². The van der Waals surface area contributed by atoms with Crippen molar-refractivity contribution in [1.82, 2.24) is 15.2 Å². The summed E-state index contributed by atoms with van der Waals surface area (Å²) in [6.07, 6.45) is 2.28. The fraction of sp³-hybridized carbons (Fsp3) is 0.400. The Morgan fingerprint density at radius 2 is 2.60 bits per heavy atom. The molecule has 10 heavy (non-hydrogen) atoms. The van der Waals surface area contributed by atoms with Gasteiger partial charge in [0.25, 0.3) is 0 Å². The van der Waals surface area contributed by atoms with Gasteiger partial charge in [0.05, 0.1) is 0 Å². The van der Waals surface area contributed by atoms with E-state index >= 15 is 0 Å². The summed E-state index contributed by atoms with van der Waals surface area (Å²) in [7, 11) is 0. The number of aromatic amines is 1. The molecule has 5 heteroatoms. The molecule has 0 spiro atoms. The van der Waals surface area contributed by atoms with E-state index in [2.05, 4.69) is 15.2 Å². The van der Waals surface area contributed by atoms with Crippen LogP contribution in [0.15, 0.2) is 6.33 Å². The summed E-state index contributed by atoms with van der Waals surface area (Å²) in [5.74, 6) is 0.295. The molecule has 1 amide bonds. The molecule has 54 valence electrons. The van der Waals surface area contributed by atoms with E-state index in [0.29, 0.717) is 18.7 Å². The molecule has 0 saturated heterocycles. The van der Waals surface area contributed by atoms with E-state index in [4.69, 9.17) is 5.73 Å². The van der Waals surface area contributed by atoms with Crippen LogP contribution < -0.4 is 5.73 Å². The molecule has 0 aliphatic heterocycles. The Morgan fingerprint density at radius 3 is 3.10 bits per heavy atom. The highest BCUT2D eigenvalue weighted by Crippen LogP contribution is 1.90. The minimum atomic E-state index is -0.329. The molecular weight excluding hydrogens is 132 g/mol. The lowest BCUT2D eigenvalue weighted by Crippen LogP contribution is -2.11. The van der Waals surface area contributed by atoms with Gasteiger partial charge in [-0.15, -0.1) is 0 Å². The minimum Gasteiger partial charge on any atom is -0.370 e. The summed E-state index contributed by atoms with van der Waals surface area (Å²) >= 11 is 0. The Labute approximate surface area is 57.6 Å². The monoisotopic (exact) mass is 140 g/mol. The van der Waals surface area contributed by atoms with Gasteiger partial charge < -0.3 is 5.73 Å². The number of primary amides is 1. The molecular formula is C5H8N4O. The van der Waals surface area contributed by atoms with Crippen molar-refractivity contribution in [2.24, 2.45) is 5.73 Å². The van der Waals surface area contributed by atoms with Crippen LogP contribution in [-0.4, -0.2) is 21.1 Å². The summed E-state index contributed by atoms with van der Waals surface area (Å²) in [5.41, 5.74) is 4.90. The highest BCUT2D eigenvalue weighted by atomic mass is 16.1. The van der Waals surface area contributed by atoms with Gasteiger partial charge in [-0.2, -0.15) is 5.10 Å². The van der Waals surface area contributed by atoms with Gasteiger partial charge in [-0.05, 0) is 0 Å². The van der Waals surface area contributed by atoms with Crippen molar-refractivity contribution >= 4 is 5.91 Å². The molecule has 1 aromatic heterocycles. The average molecular weight is 140 g/mol. The third kappa shape index (κ3) is 1.85. The number of nitrogens with zero attached hydrogens (tertiary/aromatic N) is 2. The van der Waals surface area contributed by atoms with Crippen LogP contribution in [0.25, 0.3) is 0 Å². The van der Waals surface area contributed by atoms with Gasteiger partial charge in [-0.3, -0.25) is 9.89 Å². The molecule has 1 rings (SSSR count). The molecule has 1 heterocycles. The zero-order chi connectivity index (χ0) is 7.40. The summed E-state index contributed by atoms with van der Waals surface area (Å²) in [6.45, 7) is 0. The van der Waals surface area contributed by atoms with Crippen molar-refractivity contribution < 1.29 is 4.79 Å². The van der Waals surface area contributed by atoms with Crippen LogP contribution in [0.5, 0.6) is 0 Å². The van der Waals surface area contributed by atoms with E-state index in [1.807, 2.05) is 0 Å². The number of hydrogen-bond acceptors (Lipinski definition) is 3. The number of aryl methyl sites for hydroxylation is 1. The smallest absolute Gasteiger partial charge is 0.217 e. The lowest BCUT2D eigenvalue weighted by atomic mass is 10.3. The van der Waals surface area contributed by atoms with Crippen LogP contribution in [0.1, 0.15) is 12.2 Å². The number of amides is 1. The van der Waals surface area contributed by atoms with Crippen molar-refractivity contribution in [2.75, 3.05) is 0 Å². The Balaban J connectivity index is 2.35. The van der Waals surface area contributed by atoms with Crippen LogP contribution in [-0.2, 0) is 11.2 Å². The number of carbonyl (C=O) groups excluding carboxylic acids is 1. The van der Waals surface area contributed by atoms with E-state index in [1.54, 1.807) is 0 Å². The number of rotatable bonds is 3. The van der Waals surface area contributed by atoms with Gasteiger partial charge in [-0.1, -0.05) is 0 Å². The maximum absolute atomic E-state index is 10.3. The first-order valence-electron chi connectivity index (χ1n) is 2.92. The molecule has 0 aromatic carbocycles. The minimum absolute atomic E-state index is 0.303. The maximum Gasteiger partial charge on any atom is 0.217 e. The summed E-state index contributed by atoms with van der Waals surface area (Å²) < 4.78 is 0. The van der Waals surface area contributed by atoms with E-state index in [9.17, 15) is 4.79 Å². The zero-order valence-electron chi connectivity index (χ0n) is 5.37. The first-order valence-corrected chi connectivity index (χ1v) is 2.92. The molecule has 3 N–H and O–H groups in total. The topological polar surface area (TPSA) is 84.7 Å². The lowest BCUT2D eigenvalue weighted by Gasteiger charge is -1.88. The van der Waals surface area contributed by atoms with Crippen LogP contribution in [0, 0.1) is 0 Å². The SMILES string of the molecule is NC(=O)CCc1nc[nH]n1. The number of nitrogens with two attached hydrogens (primary N) is 1. The first-order chi connectivity index (χ1) is 4.79. The predicted molar refractivity (Wildman–Crippen MR) is 33.9 cm³/mol. The second-order valence-electron chi connectivity index (χ2n) is 1.88. The van der Waals surface area contributed by atoms with Gasteiger partial charge in [-0.25, -0.2) is 4.98 Å². The second-order valence-corrected chi connectivity index (χ2v) is 1.88. The number of aromatic nitrogens is 3. The first kappa shape index (κ1) is 6.73. The molecule has 0 atom stereocenters. The van der Waals surface area contributed by atoms with Crippen molar-refractivity contribution in [2.45, 2.75) is 12.8 Å². The van der Waals surface area contributed by atoms with Crippen LogP contribution in [0.3, 0.4) is 0 Å². The van der Waals surface area contributed by atoms with Gasteiger partial charge >= 0.3 is 0 Å². The van der Waals surface area contributed by atoms with Crippen molar-refractivity contribution in [3.8, 4) is 0 Å². The number of nitrogens with one attached hydrogen (secondary N) is 1. The Morgan fingerprint density at radius 1 is 1.80 bits per heavy atom. The number of H-pyrrole nitrogens is 1. The second kappa shape index (κ2) is 2.95. The van der Waals surface area contributed by atoms with Crippen LogP contribution in [0.4, 0.5) is 0 Å². The van der Waals surface area contributed by atoms with Crippen LogP contribution in [0.2, 0.25) is 0 Å². The lowest BCUT2D eigenvalue weighted by molar-refractivity contribution is -0.118. The van der Waals surface area contributed by atoms with E-state index in [0.717, 1.165) is 0 Å². The molecule has 0 radical (unpaired) electrons. The molecule has 0 bridgehead atoms. The number of carbonyl (C=O) groups is 1. The third-order valence-corrected chi connectivity index (χ3v) is 1.06. The van der Waals surface area contributed by atoms with E-state index < -0.39 is 0 Å². The van der Waals surface area contributed by atoms with E-state index in [-0.39, 0.29) is 5.91 Å². The van der Waals surface area contributed by atoms with Crippen molar-refractivity contribution in [1.29, 1.82) is 0 Å². The molecule has 0 saturated carbocycles. The summed E-state index contributed by atoms with van der Waals surface area (Å²) in [6, 6.07) is 0. The molecule has 0 aliphatic carbocycles. The number of hydrogen-bond donors (Lipinski definition) is 2. The molecule has 0 aliphatic rings. The summed E-state index contributed by atoms with van der Waals surface area (Å²) in [5, 5.41) is 6.28. The molecule has 0 fully saturated rings. The standard InChI is InChI=1S/C5H8N4O/c6-4(10)1-2-5-7-3-8-9-5/h3H,1-2H2,(H2,6,10)(H,7,8,9). The largest absolute Gasteiger partial charge is 0.370 e. The van der Waals surface area contributed by atoms with Crippen molar-refractivity contribution in [3.63, 3.8) is 0 Å². The molecule has 5 nitrogen and oxygen atoms in total. The van der Waals surface area contributed by atoms with Gasteiger partial charge in [0.1, 0.15) is 6.33 Å². The quantitative estimate of drug-likeness (QED) is 0.577. The van der Waals surface area contributed by atoms with Crippen LogP contribution >= 0.6 is 0 Å². The predicted octanol–water partition coefficient (Wildman–Crippen LogP) is -0.777. The fourth-order valence-corrected chi connectivity index (χ4v) is 0.591. The summed E-state index contributed by atoms with van der Waals surface area (Å²) in [4.78, 5) is 14.1. The van der Waals surface area contributed by atoms with Gasteiger partial charge in [0.15, 0.2) is 5.82 Å². The zero-order valence-corrected chi connectivity index (χ0v) is 5.37.